The highest BCUT2D eigenvalue weighted by molar-refractivity contribution is 5.80. The van der Waals surface area contributed by atoms with Gasteiger partial charge in [-0.15, -0.1) is 0 Å². The fourth-order valence-electron chi connectivity index (χ4n) is 3.72. The molecule has 3 rings (SSSR count). The smallest absolute Gasteiger partial charge is 0.320 e. The molecule has 0 aliphatic carbocycles. The van der Waals surface area contributed by atoms with Gasteiger partial charge in [-0.05, 0) is 54.9 Å². The summed E-state index contributed by atoms with van der Waals surface area (Å²) in [7, 11) is 0. The molecule has 2 saturated heterocycles. The topological polar surface area (TPSA) is 67.6 Å². The fourth-order valence-corrected chi connectivity index (χ4v) is 3.72. The monoisotopic (exact) mass is 375 g/mol. The number of halogens is 2. The second kappa shape index (κ2) is 8.49. The minimum absolute atomic E-state index is 0.00299. The fraction of sp³-hybridized carbons (Fsp3) is 0.500. The maximum Gasteiger partial charge on any atom is 0.320 e. The zero-order chi connectivity index (χ0) is 19.4. The molecular formula is C20H23F2N3O2. The van der Waals surface area contributed by atoms with Crippen LogP contribution in [0.3, 0.4) is 0 Å². The molecule has 1 aromatic carbocycles. The van der Waals surface area contributed by atoms with Crippen LogP contribution < -0.4 is 0 Å². The van der Waals surface area contributed by atoms with Gasteiger partial charge in [-0.25, -0.2) is 13.6 Å². The summed E-state index contributed by atoms with van der Waals surface area (Å²) in [6, 6.07) is 5.58. The molecule has 2 aliphatic heterocycles. The summed E-state index contributed by atoms with van der Waals surface area (Å²) in [4.78, 5) is 16.3. The average Bonchev–Trinajstić information content (AvgIpc) is 2.71. The lowest BCUT2D eigenvalue weighted by Gasteiger charge is -2.37. The number of piperidine rings is 2. The van der Waals surface area contributed by atoms with Crippen molar-refractivity contribution in [1.29, 1.82) is 5.26 Å². The van der Waals surface area contributed by atoms with Crippen LogP contribution in [-0.2, 0) is 0 Å². The third kappa shape index (κ3) is 4.28. The van der Waals surface area contributed by atoms with E-state index in [0.717, 1.165) is 30.5 Å². The number of likely N-dealkylation sites (tertiary alicyclic amines) is 2. The van der Waals surface area contributed by atoms with Gasteiger partial charge in [-0.1, -0.05) is 6.07 Å². The first-order chi connectivity index (χ1) is 13.0. The number of nitriles is 1. The highest BCUT2D eigenvalue weighted by Gasteiger charge is 2.28. The summed E-state index contributed by atoms with van der Waals surface area (Å²) in [5.74, 6) is -1.63. The number of nitrogens with zero attached hydrogens (tertiary/aromatic N) is 3. The number of amides is 2. The van der Waals surface area contributed by atoms with Crippen molar-refractivity contribution in [3.63, 3.8) is 0 Å². The van der Waals surface area contributed by atoms with Crippen molar-refractivity contribution in [2.24, 2.45) is 5.92 Å². The van der Waals surface area contributed by atoms with Gasteiger partial charge in [-0.3, -0.25) is 0 Å². The van der Waals surface area contributed by atoms with E-state index in [0.29, 0.717) is 50.2 Å². The van der Waals surface area contributed by atoms with Crippen LogP contribution in [0.1, 0.15) is 31.2 Å². The maximum absolute atomic E-state index is 13.5. The lowest BCUT2D eigenvalue weighted by molar-refractivity contribution is 0.112. The summed E-state index contributed by atoms with van der Waals surface area (Å²) >= 11 is 0. The molecule has 0 saturated carbocycles. The van der Waals surface area contributed by atoms with Crippen molar-refractivity contribution < 1.29 is 18.7 Å². The van der Waals surface area contributed by atoms with E-state index in [1.165, 1.54) is 6.07 Å². The molecule has 7 heteroatoms. The minimum Gasteiger partial charge on any atom is -0.396 e. The lowest BCUT2D eigenvalue weighted by atomic mass is 9.93. The summed E-state index contributed by atoms with van der Waals surface area (Å²) in [5, 5.41) is 18.7. The Balaban J connectivity index is 1.65. The molecule has 0 radical (unpaired) electrons. The predicted octanol–water partition coefficient (Wildman–Crippen LogP) is 3.16. The summed E-state index contributed by atoms with van der Waals surface area (Å²) in [6.07, 6.45) is 2.72. The molecule has 2 amide bonds. The van der Waals surface area contributed by atoms with Crippen LogP contribution in [0.5, 0.6) is 0 Å². The number of allylic oxidation sites excluding steroid dienone is 1. The molecule has 0 spiro atoms. The van der Waals surface area contributed by atoms with Crippen molar-refractivity contribution in [2.45, 2.75) is 25.7 Å². The van der Waals surface area contributed by atoms with Gasteiger partial charge in [0, 0.05) is 32.8 Å². The molecule has 0 aromatic heterocycles. The van der Waals surface area contributed by atoms with Crippen LogP contribution in [0.15, 0.2) is 23.8 Å². The molecule has 1 aromatic rings. The Bertz CT molecular complexity index is 770. The molecule has 2 aliphatic rings. The van der Waals surface area contributed by atoms with Crippen LogP contribution in [0.4, 0.5) is 13.6 Å². The third-order valence-corrected chi connectivity index (χ3v) is 5.45. The number of rotatable bonds is 2. The molecule has 27 heavy (non-hydrogen) atoms. The van der Waals surface area contributed by atoms with Crippen LogP contribution in [0, 0.1) is 28.9 Å². The predicted molar refractivity (Wildman–Crippen MR) is 96.5 cm³/mol. The van der Waals surface area contributed by atoms with Gasteiger partial charge in [0.25, 0.3) is 0 Å². The zero-order valence-corrected chi connectivity index (χ0v) is 15.1. The Morgan fingerprint density at radius 3 is 2.30 bits per heavy atom. The SMILES string of the molecule is N#CC(=C1CCN(C(=O)N2CCC(CO)CC2)CC1)c1ccc(F)c(F)c1. The van der Waals surface area contributed by atoms with E-state index in [9.17, 15) is 23.9 Å². The van der Waals surface area contributed by atoms with Gasteiger partial charge >= 0.3 is 6.03 Å². The van der Waals surface area contributed by atoms with Crippen LogP contribution in [0.25, 0.3) is 5.57 Å². The minimum atomic E-state index is -0.972. The number of carbonyl (C=O) groups excluding carboxylic acids is 1. The summed E-state index contributed by atoms with van der Waals surface area (Å²) in [6.45, 7) is 2.48. The highest BCUT2D eigenvalue weighted by Crippen LogP contribution is 2.28. The number of benzene rings is 1. The molecule has 144 valence electrons. The first-order valence-electron chi connectivity index (χ1n) is 9.25. The number of urea groups is 1. The molecule has 2 fully saturated rings. The van der Waals surface area contributed by atoms with Crippen LogP contribution >= 0.6 is 0 Å². The maximum atomic E-state index is 13.5. The van der Waals surface area contributed by atoms with Gasteiger partial charge in [0.1, 0.15) is 0 Å². The average molecular weight is 375 g/mol. The van der Waals surface area contributed by atoms with Gasteiger partial charge < -0.3 is 14.9 Å². The van der Waals surface area contributed by atoms with Crippen LogP contribution in [0.2, 0.25) is 0 Å². The van der Waals surface area contributed by atoms with Gasteiger partial charge in [0.2, 0.25) is 0 Å². The molecule has 0 atom stereocenters. The Kier molecular flexibility index (Phi) is 6.07. The van der Waals surface area contributed by atoms with E-state index in [-0.39, 0.29) is 18.6 Å². The van der Waals surface area contributed by atoms with E-state index >= 15 is 0 Å². The first kappa shape index (κ1) is 19.3. The molecule has 5 nitrogen and oxygen atoms in total. The molecule has 0 bridgehead atoms. The third-order valence-electron chi connectivity index (χ3n) is 5.45. The number of carbonyl (C=O) groups is 1. The molecule has 1 N–H and O–H groups in total. The quantitative estimate of drug-likeness (QED) is 0.808. The van der Waals surface area contributed by atoms with E-state index in [4.69, 9.17) is 0 Å². The molecule has 0 unspecified atom stereocenters. The van der Waals surface area contributed by atoms with Crippen molar-refractivity contribution >= 4 is 11.6 Å². The Labute approximate surface area is 157 Å². The van der Waals surface area contributed by atoms with E-state index in [1.807, 2.05) is 4.90 Å². The van der Waals surface area contributed by atoms with E-state index < -0.39 is 11.6 Å². The van der Waals surface area contributed by atoms with Crippen molar-refractivity contribution in [3.8, 4) is 6.07 Å². The van der Waals surface area contributed by atoms with Crippen LogP contribution in [-0.4, -0.2) is 53.7 Å². The number of hydrogen-bond acceptors (Lipinski definition) is 3. The second-order valence-electron chi connectivity index (χ2n) is 7.10. The first-order valence-corrected chi connectivity index (χ1v) is 9.25. The van der Waals surface area contributed by atoms with Gasteiger partial charge in [0.05, 0.1) is 11.6 Å². The van der Waals surface area contributed by atoms with Gasteiger partial charge in [-0.2, -0.15) is 5.26 Å². The Hall–Kier alpha value is -2.46. The second-order valence-corrected chi connectivity index (χ2v) is 7.10. The van der Waals surface area contributed by atoms with E-state index in [2.05, 4.69) is 6.07 Å². The lowest BCUT2D eigenvalue weighted by Crippen LogP contribution is -2.48. The number of hydrogen-bond donors (Lipinski definition) is 1. The highest BCUT2D eigenvalue weighted by atomic mass is 19.2. The summed E-state index contributed by atoms with van der Waals surface area (Å²) in [5.41, 5.74) is 1.61. The molecular weight excluding hydrogens is 352 g/mol. The van der Waals surface area contributed by atoms with Crippen molar-refractivity contribution in [2.75, 3.05) is 32.8 Å². The number of aliphatic hydroxyl groups is 1. The molecule has 2 heterocycles. The zero-order valence-electron chi connectivity index (χ0n) is 15.1. The van der Waals surface area contributed by atoms with Gasteiger partial charge in [0.15, 0.2) is 11.6 Å². The van der Waals surface area contributed by atoms with E-state index in [1.54, 1.807) is 4.90 Å². The Morgan fingerprint density at radius 1 is 1.11 bits per heavy atom. The normalized spacial score (nSPS) is 18.4. The van der Waals surface area contributed by atoms with Crippen molar-refractivity contribution in [3.05, 3.63) is 41.0 Å². The standard InChI is InChI=1S/C20H23F2N3O2/c21-18-2-1-16(11-19(18)22)17(12-23)15-5-9-25(10-6-15)20(27)24-7-3-14(13-26)4-8-24/h1-2,11,14,26H,3-10,13H2. The van der Waals surface area contributed by atoms with Crippen molar-refractivity contribution in [1.82, 2.24) is 9.80 Å². The largest absolute Gasteiger partial charge is 0.396 e. The summed E-state index contributed by atoms with van der Waals surface area (Å²) < 4.78 is 26.6. The number of aliphatic hydroxyl groups excluding tert-OH is 1. The Morgan fingerprint density at radius 2 is 1.74 bits per heavy atom.